The van der Waals surface area contributed by atoms with Gasteiger partial charge in [-0.15, -0.1) is 11.6 Å². The third-order valence-corrected chi connectivity index (χ3v) is 1.15. The van der Waals surface area contributed by atoms with Gasteiger partial charge in [0.2, 0.25) is 0 Å². The molecular weight excluding hydrogens is 99.5 g/mol. The molecule has 1 saturated heterocycles. The van der Waals surface area contributed by atoms with Crippen molar-refractivity contribution in [2.75, 3.05) is 6.61 Å². The molecule has 6 heavy (non-hydrogen) atoms. The van der Waals surface area contributed by atoms with Crippen molar-refractivity contribution >= 4 is 11.6 Å². The number of alkyl halides is 1. The van der Waals surface area contributed by atoms with Gasteiger partial charge in [-0.3, -0.25) is 0 Å². The molecule has 0 aromatic heterocycles. The Kier molecular flexibility index (Phi) is 1.02. The van der Waals surface area contributed by atoms with E-state index in [4.69, 9.17) is 16.3 Å². The average Bonchev–Trinajstić information content (AvgIpc) is 2.06. The van der Waals surface area contributed by atoms with E-state index in [1.54, 1.807) is 0 Å². The lowest BCUT2D eigenvalue weighted by molar-refractivity contribution is 0.406. The first-order chi connectivity index (χ1) is 2.80. The molecule has 1 nitrogen and oxygen atoms in total. The van der Waals surface area contributed by atoms with Crippen LogP contribution in [0.1, 0.15) is 6.92 Å². The van der Waals surface area contributed by atoms with Crippen LogP contribution in [-0.4, -0.2) is 18.1 Å². The second-order valence-electron chi connectivity index (χ2n) is 1.55. The van der Waals surface area contributed by atoms with Gasteiger partial charge in [-0.2, -0.15) is 0 Å². The van der Waals surface area contributed by atoms with Crippen molar-refractivity contribution in [1.29, 1.82) is 0 Å². The number of ether oxygens (including phenoxy) is 1. The Bertz CT molecular complexity index is 49.5. The van der Waals surface area contributed by atoms with Gasteiger partial charge in [0.05, 0.1) is 18.1 Å². The Morgan fingerprint density at radius 2 is 2.50 bits per heavy atom. The van der Waals surface area contributed by atoms with Gasteiger partial charge in [0, 0.05) is 0 Å². The van der Waals surface area contributed by atoms with Crippen molar-refractivity contribution in [3.8, 4) is 0 Å². The van der Waals surface area contributed by atoms with Gasteiger partial charge in [-0.05, 0) is 6.92 Å². The van der Waals surface area contributed by atoms with E-state index in [9.17, 15) is 0 Å². The molecule has 0 aromatic rings. The Labute approximate surface area is 42.2 Å². The number of halogens is 1. The van der Waals surface area contributed by atoms with Gasteiger partial charge in [0.15, 0.2) is 0 Å². The van der Waals surface area contributed by atoms with Crippen LogP contribution in [0, 0.1) is 0 Å². The highest BCUT2D eigenvalue weighted by Crippen LogP contribution is 2.17. The molecule has 0 radical (unpaired) electrons. The summed E-state index contributed by atoms with van der Waals surface area (Å²) in [5.41, 5.74) is 0. The molecule has 1 aliphatic heterocycles. The monoisotopic (exact) mass is 106 g/mol. The van der Waals surface area contributed by atoms with Crippen molar-refractivity contribution in [2.45, 2.75) is 18.4 Å². The van der Waals surface area contributed by atoms with E-state index in [1.807, 2.05) is 6.92 Å². The molecule has 0 aromatic carbocycles. The standard InChI is InChI=1S/C4H7ClO/c1-3(5)4-2-6-4/h3-4H,2H2,1H3/t3-,4+/m1/s1. The number of epoxide rings is 1. The molecule has 0 unspecified atom stereocenters. The van der Waals surface area contributed by atoms with Crippen molar-refractivity contribution < 1.29 is 4.74 Å². The predicted molar refractivity (Wildman–Crippen MR) is 25.1 cm³/mol. The highest BCUT2D eigenvalue weighted by molar-refractivity contribution is 6.20. The zero-order valence-corrected chi connectivity index (χ0v) is 4.40. The second kappa shape index (κ2) is 1.39. The van der Waals surface area contributed by atoms with Gasteiger partial charge in [-0.25, -0.2) is 0 Å². The Morgan fingerprint density at radius 1 is 2.00 bits per heavy atom. The first kappa shape index (κ1) is 4.41. The lowest BCUT2D eigenvalue weighted by atomic mass is 10.4. The molecule has 0 bridgehead atoms. The Morgan fingerprint density at radius 3 is 2.50 bits per heavy atom. The maximum Gasteiger partial charge on any atom is 0.0970 e. The van der Waals surface area contributed by atoms with E-state index < -0.39 is 0 Å². The average molecular weight is 107 g/mol. The molecule has 36 valence electrons. The lowest BCUT2D eigenvalue weighted by Crippen LogP contribution is -1.98. The fraction of sp³-hybridized carbons (Fsp3) is 1.00. The topological polar surface area (TPSA) is 12.5 Å². The van der Waals surface area contributed by atoms with Crippen LogP contribution in [0.2, 0.25) is 0 Å². The van der Waals surface area contributed by atoms with Crippen LogP contribution in [0.4, 0.5) is 0 Å². The van der Waals surface area contributed by atoms with Crippen LogP contribution in [0.3, 0.4) is 0 Å². The number of rotatable bonds is 1. The van der Waals surface area contributed by atoms with Crippen LogP contribution in [0.5, 0.6) is 0 Å². The summed E-state index contributed by atoms with van der Waals surface area (Å²) in [7, 11) is 0. The minimum absolute atomic E-state index is 0.213. The fourth-order valence-corrected chi connectivity index (χ4v) is 0.466. The Balaban J connectivity index is 2.13. The van der Waals surface area contributed by atoms with E-state index in [2.05, 4.69) is 0 Å². The largest absolute Gasteiger partial charge is 0.372 e. The molecule has 0 N–H and O–H groups in total. The maximum absolute atomic E-state index is 5.55. The van der Waals surface area contributed by atoms with Crippen LogP contribution in [0.15, 0.2) is 0 Å². The quantitative estimate of drug-likeness (QED) is 0.359. The van der Waals surface area contributed by atoms with Crippen LogP contribution >= 0.6 is 11.6 Å². The zero-order valence-electron chi connectivity index (χ0n) is 3.65. The third-order valence-electron chi connectivity index (χ3n) is 0.871. The molecule has 0 saturated carbocycles. The minimum Gasteiger partial charge on any atom is -0.372 e. The summed E-state index contributed by atoms with van der Waals surface area (Å²) in [6.07, 6.45) is 0.367. The first-order valence-corrected chi connectivity index (χ1v) is 2.50. The van der Waals surface area contributed by atoms with E-state index in [-0.39, 0.29) is 5.38 Å². The summed E-state index contributed by atoms with van der Waals surface area (Å²) in [6.45, 7) is 2.81. The highest BCUT2D eigenvalue weighted by atomic mass is 35.5. The molecule has 0 amide bonds. The smallest absolute Gasteiger partial charge is 0.0970 e. The van der Waals surface area contributed by atoms with Gasteiger partial charge in [0.1, 0.15) is 0 Å². The molecule has 2 heteroatoms. The molecule has 0 aliphatic carbocycles. The molecule has 1 heterocycles. The summed E-state index contributed by atoms with van der Waals surface area (Å²) in [5.74, 6) is 0. The molecule has 0 spiro atoms. The molecular formula is C4H7ClO. The molecule has 1 fully saturated rings. The number of hydrogen-bond acceptors (Lipinski definition) is 1. The highest BCUT2D eigenvalue weighted by Gasteiger charge is 2.27. The zero-order chi connectivity index (χ0) is 4.57. The van der Waals surface area contributed by atoms with Crippen molar-refractivity contribution in [3.05, 3.63) is 0 Å². The Hall–Kier alpha value is 0.250. The van der Waals surface area contributed by atoms with Gasteiger partial charge >= 0.3 is 0 Å². The second-order valence-corrected chi connectivity index (χ2v) is 2.24. The van der Waals surface area contributed by atoms with Crippen LogP contribution in [0.25, 0.3) is 0 Å². The van der Waals surface area contributed by atoms with E-state index in [0.717, 1.165) is 6.61 Å². The maximum atomic E-state index is 5.55. The summed E-state index contributed by atoms with van der Waals surface area (Å²) in [6, 6.07) is 0. The minimum atomic E-state index is 0.213. The summed E-state index contributed by atoms with van der Waals surface area (Å²) < 4.78 is 4.84. The normalized spacial score (nSPS) is 36.0. The molecule has 1 rings (SSSR count). The van der Waals surface area contributed by atoms with Gasteiger partial charge in [0.25, 0.3) is 0 Å². The van der Waals surface area contributed by atoms with Crippen molar-refractivity contribution in [2.24, 2.45) is 0 Å². The summed E-state index contributed by atoms with van der Waals surface area (Å²) in [5, 5.41) is 0.213. The lowest BCUT2D eigenvalue weighted by Gasteiger charge is -1.88. The van der Waals surface area contributed by atoms with Crippen molar-refractivity contribution in [3.63, 3.8) is 0 Å². The van der Waals surface area contributed by atoms with Crippen LogP contribution < -0.4 is 0 Å². The first-order valence-electron chi connectivity index (χ1n) is 2.06. The summed E-state index contributed by atoms with van der Waals surface area (Å²) >= 11 is 5.55. The van der Waals surface area contributed by atoms with Gasteiger partial charge < -0.3 is 4.74 Å². The number of hydrogen-bond donors (Lipinski definition) is 0. The molecule has 1 aliphatic rings. The summed E-state index contributed by atoms with van der Waals surface area (Å²) in [4.78, 5) is 0. The van der Waals surface area contributed by atoms with Crippen LogP contribution in [-0.2, 0) is 4.74 Å². The van der Waals surface area contributed by atoms with E-state index in [1.165, 1.54) is 0 Å². The molecule has 2 atom stereocenters. The fourth-order valence-electron chi connectivity index (χ4n) is 0.321. The van der Waals surface area contributed by atoms with Gasteiger partial charge in [-0.1, -0.05) is 0 Å². The third kappa shape index (κ3) is 0.854. The predicted octanol–water partition coefficient (Wildman–Crippen LogP) is 1.01. The van der Waals surface area contributed by atoms with E-state index in [0.29, 0.717) is 6.10 Å². The van der Waals surface area contributed by atoms with Crippen molar-refractivity contribution in [1.82, 2.24) is 0 Å². The van der Waals surface area contributed by atoms with E-state index >= 15 is 0 Å². The SMILES string of the molecule is C[C@@H](Cl)[C@@H]1CO1.